The molecule has 112 valence electrons. The van der Waals surface area contributed by atoms with Crippen molar-refractivity contribution >= 4 is 23.5 Å². The van der Waals surface area contributed by atoms with Gasteiger partial charge in [0, 0.05) is 12.1 Å². The van der Waals surface area contributed by atoms with Crippen LogP contribution in [0.3, 0.4) is 0 Å². The van der Waals surface area contributed by atoms with Gasteiger partial charge < -0.3 is 15.3 Å². The van der Waals surface area contributed by atoms with Gasteiger partial charge >= 0.3 is 5.97 Å². The third-order valence-corrected chi connectivity index (χ3v) is 3.48. The number of fused-ring (bicyclic) bond motifs is 1. The molecule has 2 amide bonds. The van der Waals surface area contributed by atoms with Crippen LogP contribution in [0.15, 0.2) is 24.3 Å². The molecule has 1 aliphatic heterocycles. The van der Waals surface area contributed by atoms with E-state index in [1.54, 1.807) is 6.07 Å². The number of nitrogens with zero attached hydrogens (tertiary/aromatic N) is 1. The summed E-state index contributed by atoms with van der Waals surface area (Å²) in [6.45, 7) is 2.63. The van der Waals surface area contributed by atoms with E-state index in [1.165, 1.54) is 18.7 Å². The van der Waals surface area contributed by atoms with E-state index in [1.807, 2.05) is 18.2 Å². The van der Waals surface area contributed by atoms with Crippen LogP contribution in [0.1, 0.15) is 25.8 Å². The molecular weight excluding hydrogens is 272 g/mol. The summed E-state index contributed by atoms with van der Waals surface area (Å²) < 4.78 is 0. The van der Waals surface area contributed by atoms with E-state index in [2.05, 4.69) is 5.32 Å². The van der Waals surface area contributed by atoms with Gasteiger partial charge in [0.15, 0.2) is 0 Å². The number of para-hydroxylation sites is 1. The number of carboxylic acids is 1. The van der Waals surface area contributed by atoms with E-state index >= 15 is 0 Å². The Bertz CT molecular complexity index is 595. The monoisotopic (exact) mass is 290 g/mol. The van der Waals surface area contributed by atoms with Crippen LogP contribution in [-0.2, 0) is 20.8 Å². The van der Waals surface area contributed by atoms with Gasteiger partial charge in [0.2, 0.25) is 11.8 Å². The van der Waals surface area contributed by atoms with Crippen LogP contribution in [-0.4, -0.2) is 35.0 Å². The average molecular weight is 290 g/mol. The topological polar surface area (TPSA) is 86.7 Å². The predicted octanol–water partition coefficient (Wildman–Crippen LogP) is 0.945. The normalized spacial score (nSPS) is 14.6. The molecule has 0 aromatic heterocycles. The standard InChI is InChI=1S/C15H18N2O4/c1-15(2,14(20)21)16-12(18)9-17-11-6-4-3-5-10(11)7-8-13(17)19/h3-6H,7-9H2,1-2H3,(H,16,18)(H,20,21). The molecule has 0 unspecified atom stereocenters. The molecule has 0 radical (unpaired) electrons. The highest BCUT2D eigenvalue weighted by Crippen LogP contribution is 2.27. The number of hydrogen-bond acceptors (Lipinski definition) is 3. The molecule has 0 bridgehead atoms. The molecule has 1 aromatic rings. The Morgan fingerprint density at radius 2 is 1.95 bits per heavy atom. The molecule has 1 aliphatic rings. The molecule has 0 saturated heterocycles. The largest absolute Gasteiger partial charge is 0.480 e. The van der Waals surface area contributed by atoms with Gasteiger partial charge in [-0.05, 0) is 31.9 Å². The van der Waals surface area contributed by atoms with Gasteiger partial charge in [0.25, 0.3) is 0 Å². The van der Waals surface area contributed by atoms with Crippen LogP contribution >= 0.6 is 0 Å². The zero-order valence-corrected chi connectivity index (χ0v) is 12.0. The number of anilines is 1. The summed E-state index contributed by atoms with van der Waals surface area (Å²) in [5, 5.41) is 11.4. The SMILES string of the molecule is CC(C)(NC(=O)CN1C(=O)CCc2ccccc21)C(=O)O. The molecule has 0 saturated carbocycles. The van der Waals surface area contributed by atoms with Crippen LogP contribution < -0.4 is 10.2 Å². The Balaban J connectivity index is 2.14. The fraction of sp³-hybridized carbons (Fsp3) is 0.400. The first-order chi connectivity index (χ1) is 9.81. The highest BCUT2D eigenvalue weighted by Gasteiger charge is 2.31. The first kappa shape index (κ1) is 15.0. The summed E-state index contributed by atoms with van der Waals surface area (Å²) in [4.78, 5) is 36.5. The molecule has 1 aromatic carbocycles. The molecule has 0 atom stereocenters. The van der Waals surface area contributed by atoms with E-state index in [-0.39, 0.29) is 12.5 Å². The Hall–Kier alpha value is -2.37. The molecule has 6 heteroatoms. The lowest BCUT2D eigenvalue weighted by molar-refractivity contribution is -0.145. The second-order valence-electron chi connectivity index (χ2n) is 5.59. The van der Waals surface area contributed by atoms with E-state index in [0.29, 0.717) is 12.8 Å². The number of amides is 2. The van der Waals surface area contributed by atoms with Crippen molar-refractivity contribution in [3.05, 3.63) is 29.8 Å². The minimum Gasteiger partial charge on any atom is -0.480 e. The molecule has 0 spiro atoms. The number of aryl methyl sites for hydroxylation is 1. The van der Waals surface area contributed by atoms with Crippen molar-refractivity contribution in [1.82, 2.24) is 5.32 Å². The van der Waals surface area contributed by atoms with Crippen molar-refractivity contribution in [3.63, 3.8) is 0 Å². The Labute approximate surface area is 122 Å². The summed E-state index contributed by atoms with van der Waals surface area (Å²) >= 11 is 0. The van der Waals surface area contributed by atoms with Crippen molar-refractivity contribution in [2.45, 2.75) is 32.2 Å². The zero-order valence-electron chi connectivity index (χ0n) is 12.0. The van der Waals surface area contributed by atoms with Gasteiger partial charge in [-0.25, -0.2) is 4.79 Å². The summed E-state index contributed by atoms with van der Waals surface area (Å²) in [5.41, 5.74) is 0.370. The smallest absolute Gasteiger partial charge is 0.328 e. The third-order valence-electron chi connectivity index (χ3n) is 3.48. The van der Waals surface area contributed by atoms with Gasteiger partial charge in [-0.1, -0.05) is 18.2 Å². The Kier molecular flexibility index (Phi) is 3.97. The third kappa shape index (κ3) is 3.21. The zero-order chi connectivity index (χ0) is 15.6. The second kappa shape index (κ2) is 5.55. The summed E-state index contributed by atoms with van der Waals surface area (Å²) in [6, 6.07) is 7.42. The number of carbonyl (C=O) groups excluding carboxylic acids is 2. The molecule has 21 heavy (non-hydrogen) atoms. The molecule has 2 N–H and O–H groups in total. The summed E-state index contributed by atoms with van der Waals surface area (Å²) in [6.07, 6.45) is 1.01. The minimum atomic E-state index is -1.37. The number of carbonyl (C=O) groups is 3. The maximum absolute atomic E-state index is 12.0. The average Bonchev–Trinajstić information content (AvgIpc) is 2.41. The molecule has 1 heterocycles. The molecule has 0 fully saturated rings. The second-order valence-corrected chi connectivity index (χ2v) is 5.59. The predicted molar refractivity (Wildman–Crippen MR) is 77.0 cm³/mol. The molecule has 0 aliphatic carbocycles. The van der Waals surface area contributed by atoms with Crippen LogP contribution in [0.4, 0.5) is 5.69 Å². The van der Waals surface area contributed by atoms with Crippen molar-refractivity contribution < 1.29 is 19.5 Å². The lowest BCUT2D eigenvalue weighted by Crippen LogP contribution is -2.53. The highest BCUT2D eigenvalue weighted by molar-refractivity contribution is 6.01. The number of aliphatic carboxylic acids is 1. The van der Waals surface area contributed by atoms with Gasteiger partial charge in [0.05, 0.1) is 0 Å². The first-order valence-electron chi connectivity index (χ1n) is 6.74. The maximum atomic E-state index is 12.0. The van der Waals surface area contributed by atoms with Gasteiger partial charge in [-0.3, -0.25) is 9.59 Å². The van der Waals surface area contributed by atoms with E-state index in [0.717, 1.165) is 11.3 Å². The molecular formula is C15H18N2O4. The lowest BCUT2D eigenvalue weighted by atomic mass is 10.0. The van der Waals surface area contributed by atoms with Crippen molar-refractivity contribution in [2.75, 3.05) is 11.4 Å². The Morgan fingerprint density at radius 1 is 1.29 bits per heavy atom. The fourth-order valence-corrected chi connectivity index (χ4v) is 2.25. The van der Waals surface area contributed by atoms with Gasteiger partial charge in [0.1, 0.15) is 12.1 Å². The number of hydrogen-bond donors (Lipinski definition) is 2. The summed E-state index contributed by atoms with van der Waals surface area (Å²) in [7, 11) is 0. The number of rotatable bonds is 4. The number of nitrogens with one attached hydrogen (secondary N) is 1. The number of benzene rings is 1. The van der Waals surface area contributed by atoms with Crippen LogP contribution in [0.25, 0.3) is 0 Å². The quantitative estimate of drug-likeness (QED) is 0.864. The molecule has 6 nitrogen and oxygen atoms in total. The molecule has 2 rings (SSSR count). The van der Waals surface area contributed by atoms with Crippen molar-refractivity contribution in [2.24, 2.45) is 0 Å². The lowest BCUT2D eigenvalue weighted by Gasteiger charge is -2.30. The van der Waals surface area contributed by atoms with Gasteiger partial charge in [-0.15, -0.1) is 0 Å². The minimum absolute atomic E-state index is 0.128. The Morgan fingerprint density at radius 3 is 2.62 bits per heavy atom. The maximum Gasteiger partial charge on any atom is 0.328 e. The van der Waals surface area contributed by atoms with Crippen LogP contribution in [0.5, 0.6) is 0 Å². The van der Waals surface area contributed by atoms with Crippen molar-refractivity contribution in [1.29, 1.82) is 0 Å². The first-order valence-corrected chi connectivity index (χ1v) is 6.74. The van der Waals surface area contributed by atoms with E-state index in [9.17, 15) is 14.4 Å². The van der Waals surface area contributed by atoms with E-state index < -0.39 is 17.4 Å². The van der Waals surface area contributed by atoms with Crippen molar-refractivity contribution in [3.8, 4) is 0 Å². The van der Waals surface area contributed by atoms with Crippen LogP contribution in [0.2, 0.25) is 0 Å². The van der Waals surface area contributed by atoms with E-state index in [4.69, 9.17) is 5.11 Å². The number of carboxylic acid groups (broad SMARTS) is 1. The van der Waals surface area contributed by atoms with Gasteiger partial charge in [-0.2, -0.15) is 0 Å². The van der Waals surface area contributed by atoms with Crippen LogP contribution in [0, 0.1) is 0 Å². The highest BCUT2D eigenvalue weighted by atomic mass is 16.4. The summed E-state index contributed by atoms with van der Waals surface area (Å²) in [5.74, 6) is -1.74. The fourth-order valence-electron chi connectivity index (χ4n) is 2.25.